The second kappa shape index (κ2) is 8.60. The quantitative estimate of drug-likeness (QED) is 0.543. The summed E-state index contributed by atoms with van der Waals surface area (Å²) in [6.07, 6.45) is 5.58. The summed E-state index contributed by atoms with van der Waals surface area (Å²) in [6.45, 7) is 6.29. The largest absolute Gasteiger partial charge is 0.477 e. The summed E-state index contributed by atoms with van der Waals surface area (Å²) in [5.74, 6) is 2.14. The molecule has 30 heavy (non-hydrogen) atoms. The molecule has 0 bridgehead atoms. The Kier molecular flexibility index (Phi) is 5.73. The van der Waals surface area contributed by atoms with Gasteiger partial charge in [-0.2, -0.15) is 5.10 Å². The van der Waals surface area contributed by atoms with Gasteiger partial charge in [0, 0.05) is 42.2 Å². The molecule has 1 aliphatic carbocycles. The zero-order valence-corrected chi connectivity index (χ0v) is 17.4. The molecule has 0 aromatic carbocycles. The Labute approximate surface area is 174 Å². The first kappa shape index (κ1) is 20.0. The molecule has 0 aliphatic heterocycles. The number of carbonyl (C=O) groups is 1. The molecule has 1 aliphatic rings. The summed E-state index contributed by atoms with van der Waals surface area (Å²) in [7, 11) is 0. The van der Waals surface area contributed by atoms with E-state index in [1.165, 1.54) is 0 Å². The highest BCUT2D eigenvalue weighted by molar-refractivity contribution is 5.72. The number of ether oxygens (including phenoxy) is 2. The number of nitrogens with one attached hydrogen (secondary N) is 3. The van der Waals surface area contributed by atoms with Crippen LogP contribution in [0.5, 0.6) is 5.88 Å². The summed E-state index contributed by atoms with van der Waals surface area (Å²) >= 11 is 0. The maximum atomic E-state index is 11.8. The van der Waals surface area contributed by atoms with E-state index in [-0.39, 0.29) is 24.2 Å². The van der Waals surface area contributed by atoms with Gasteiger partial charge in [-0.1, -0.05) is 0 Å². The lowest BCUT2D eigenvalue weighted by molar-refractivity contribution is 0.0981. The Morgan fingerprint density at radius 3 is 3.03 bits per heavy atom. The number of amides is 1. The summed E-state index contributed by atoms with van der Waals surface area (Å²) < 4.78 is 12.7. The van der Waals surface area contributed by atoms with Gasteiger partial charge < -0.3 is 20.1 Å². The fourth-order valence-electron chi connectivity index (χ4n) is 3.70. The fraction of sp³-hybridized carbons (Fsp3) is 0.500. The van der Waals surface area contributed by atoms with Crippen LogP contribution in [-0.4, -0.2) is 49.6 Å². The third-order valence-electron chi connectivity index (χ3n) is 5.01. The highest BCUT2D eigenvalue weighted by Crippen LogP contribution is 2.36. The molecule has 1 fully saturated rings. The van der Waals surface area contributed by atoms with Gasteiger partial charge in [-0.25, -0.2) is 14.3 Å². The van der Waals surface area contributed by atoms with Crippen molar-refractivity contribution < 1.29 is 14.3 Å². The first-order valence-electron chi connectivity index (χ1n) is 10.3. The predicted octanol–water partition coefficient (Wildman–Crippen LogP) is 3.37. The SMILES string of the molecule is CCOc1cc2c(Nc3cc([C@H]4CC[C@@H](OC(=O)NC(C)C)C4)[nH]n3)nccn2n1. The summed E-state index contributed by atoms with van der Waals surface area (Å²) in [5, 5.41) is 17.9. The molecule has 4 rings (SSSR count). The molecule has 10 heteroatoms. The van der Waals surface area contributed by atoms with E-state index in [2.05, 4.69) is 30.9 Å². The van der Waals surface area contributed by atoms with Gasteiger partial charge in [-0.05, 0) is 40.0 Å². The van der Waals surface area contributed by atoms with Crippen molar-refractivity contribution in [1.29, 1.82) is 0 Å². The zero-order valence-electron chi connectivity index (χ0n) is 17.4. The number of aromatic nitrogens is 5. The van der Waals surface area contributed by atoms with E-state index in [9.17, 15) is 4.79 Å². The molecule has 1 saturated carbocycles. The number of alkyl carbamates (subject to hydrolysis) is 1. The van der Waals surface area contributed by atoms with E-state index in [1.54, 1.807) is 16.9 Å². The molecule has 3 aromatic rings. The lowest BCUT2D eigenvalue weighted by Crippen LogP contribution is -2.33. The highest BCUT2D eigenvalue weighted by Gasteiger charge is 2.30. The van der Waals surface area contributed by atoms with Crippen molar-refractivity contribution in [3.05, 3.63) is 30.2 Å². The van der Waals surface area contributed by atoms with Crippen LogP contribution in [0.1, 0.15) is 51.6 Å². The normalized spacial score (nSPS) is 18.7. The van der Waals surface area contributed by atoms with Crippen LogP contribution < -0.4 is 15.4 Å². The molecule has 2 atom stereocenters. The molecule has 3 aromatic heterocycles. The monoisotopic (exact) mass is 413 g/mol. The predicted molar refractivity (Wildman–Crippen MR) is 111 cm³/mol. The first-order valence-corrected chi connectivity index (χ1v) is 10.3. The molecule has 1 amide bonds. The number of nitrogens with zero attached hydrogens (tertiary/aromatic N) is 4. The maximum Gasteiger partial charge on any atom is 0.407 e. The van der Waals surface area contributed by atoms with Gasteiger partial charge in [0.2, 0.25) is 5.88 Å². The minimum Gasteiger partial charge on any atom is -0.477 e. The van der Waals surface area contributed by atoms with E-state index in [1.807, 2.05) is 32.9 Å². The molecule has 0 unspecified atom stereocenters. The van der Waals surface area contributed by atoms with Crippen molar-refractivity contribution in [3.63, 3.8) is 0 Å². The Bertz CT molecular complexity index is 1010. The number of fused-ring (bicyclic) bond motifs is 1. The molecule has 160 valence electrons. The van der Waals surface area contributed by atoms with Gasteiger partial charge in [-0.3, -0.25) is 5.10 Å². The minimum absolute atomic E-state index is 0.0643. The molecule has 10 nitrogen and oxygen atoms in total. The Hall–Kier alpha value is -3.30. The van der Waals surface area contributed by atoms with Gasteiger partial charge in [0.25, 0.3) is 0 Å². The fourth-order valence-corrected chi connectivity index (χ4v) is 3.70. The van der Waals surface area contributed by atoms with E-state index in [0.717, 1.165) is 30.5 Å². The summed E-state index contributed by atoms with van der Waals surface area (Å²) in [6, 6.07) is 3.88. The average Bonchev–Trinajstić information content (AvgIpc) is 3.41. The van der Waals surface area contributed by atoms with E-state index in [0.29, 0.717) is 24.1 Å². The number of hydrogen-bond donors (Lipinski definition) is 3. The van der Waals surface area contributed by atoms with Crippen molar-refractivity contribution in [2.45, 2.75) is 58.1 Å². The molecular formula is C20H27N7O3. The highest BCUT2D eigenvalue weighted by atomic mass is 16.6. The number of carbonyl (C=O) groups excluding carboxylic acids is 1. The van der Waals surface area contributed by atoms with Gasteiger partial charge in [0.1, 0.15) is 11.6 Å². The molecule has 0 spiro atoms. The first-order chi connectivity index (χ1) is 14.5. The second-order valence-corrected chi connectivity index (χ2v) is 7.69. The van der Waals surface area contributed by atoms with Crippen LogP contribution in [0.25, 0.3) is 5.52 Å². The third-order valence-corrected chi connectivity index (χ3v) is 5.01. The van der Waals surface area contributed by atoms with Crippen LogP contribution in [0.3, 0.4) is 0 Å². The van der Waals surface area contributed by atoms with Gasteiger partial charge in [0.15, 0.2) is 11.6 Å². The lowest BCUT2D eigenvalue weighted by atomic mass is 10.0. The van der Waals surface area contributed by atoms with Crippen LogP contribution in [0.2, 0.25) is 0 Å². The molecule has 0 saturated heterocycles. The molecule has 0 radical (unpaired) electrons. The Balaban J connectivity index is 1.40. The maximum absolute atomic E-state index is 11.8. The average molecular weight is 413 g/mol. The smallest absolute Gasteiger partial charge is 0.407 e. The van der Waals surface area contributed by atoms with Crippen LogP contribution in [0.15, 0.2) is 24.5 Å². The third kappa shape index (κ3) is 4.47. The van der Waals surface area contributed by atoms with Gasteiger partial charge in [-0.15, -0.1) is 5.10 Å². The van der Waals surface area contributed by atoms with E-state index in [4.69, 9.17) is 9.47 Å². The Morgan fingerprint density at radius 2 is 2.23 bits per heavy atom. The van der Waals surface area contributed by atoms with Crippen LogP contribution in [0.4, 0.5) is 16.4 Å². The number of rotatable bonds is 7. The number of anilines is 2. The summed E-state index contributed by atoms with van der Waals surface area (Å²) in [5.41, 5.74) is 1.82. The topological polar surface area (TPSA) is 118 Å². The standard InChI is InChI=1S/C20H27N7O3/c1-4-29-18-11-16-19(21-7-8-27(16)26-18)23-17-10-15(24-25-17)13-5-6-14(9-13)30-20(28)22-12(2)3/h7-8,10-14H,4-6,9H2,1-3H3,(H,22,28)(H2,21,23,24,25)/t13-,14+/m0/s1. The molecule has 3 N–H and O–H groups in total. The van der Waals surface area contributed by atoms with Crippen LogP contribution in [-0.2, 0) is 4.74 Å². The number of aromatic amines is 1. The van der Waals surface area contributed by atoms with E-state index < -0.39 is 0 Å². The van der Waals surface area contributed by atoms with Crippen LogP contribution in [0, 0.1) is 0 Å². The number of hydrogen-bond acceptors (Lipinski definition) is 7. The Morgan fingerprint density at radius 1 is 1.37 bits per heavy atom. The van der Waals surface area contributed by atoms with Gasteiger partial charge in [0.05, 0.1) is 6.61 Å². The lowest BCUT2D eigenvalue weighted by Gasteiger charge is -2.14. The summed E-state index contributed by atoms with van der Waals surface area (Å²) in [4.78, 5) is 16.2. The van der Waals surface area contributed by atoms with Crippen molar-refractivity contribution in [2.75, 3.05) is 11.9 Å². The second-order valence-electron chi connectivity index (χ2n) is 7.69. The number of H-pyrrole nitrogens is 1. The van der Waals surface area contributed by atoms with Gasteiger partial charge >= 0.3 is 6.09 Å². The van der Waals surface area contributed by atoms with Crippen molar-refractivity contribution in [1.82, 2.24) is 30.1 Å². The van der Waals surface area contributed by atoms with E-state index >= 15 is 0 Å². The molecule has 3 heterocycles. The van der Waals surface area contributed by atoms with Crippen molar-refractivity contribution in [2.24, 2.45) is 0 Å². The van der Waals surface area contributed by atoms with Crippen LogP contribution >= 0.6 is 0 Å². The van der Waals surface area contributed by atoms with Crippen molar-refractivity contribution in [3.8, 4) is 5.88 Å². The van der Waals surface area contributed by atoms with Crippen molar-refractivity contribution >= 4 is 23.2 Å². The zero-order chi connectivity index (χ0) is 21.1. The minimum atomic E-state index is -0.353. The molecular weight excluding hydrogens is 386 g/mol.